The number of aliphatic hydroxyl groups excluding tert-OH is 1. The molecule has 1 aliphatic rings. The quantitative estimate of drug-likeness (QED) is 0.644. The Kier molecular flexibility index (Phi) is 4.75. The highest BCUT2D eigenvalue weighted by atomic mass is 16.5. The van der Waals surface area contributed by atoms with Crippen LogP contribution in [-0.4, -0.2) is 41.9 Å². The average Bonchev–Trinajstić information content (AvgIpc) is 2.27. The van der Waals surface area contributed by atoms with E-state index in [2.05, 4.69) is 5.32 Å². The van der Waals surface area contributed by atoms with Gasteiger partial charge in [-0.25, -0.2) is 0 Å². The van der Waals surface area contributed by atoms with Crippen LogP contribution < -0.4 is 11.1 Å². The minimum atomic E-state index is -0.870. The van der Waals surface area contributed by atoms with E-state index in [-0.39, 0.29) is 17.4 Å². The summed E-state index contributed by atoms with van der Waals surface area (Å²) in [6.45, 7) is 8.65. The van der Waals surface area contributed by atoms with Crippen molar-refractivity contribution in [1.29, 1.82) is 0 Å². The highest BCUT2D eigenvalue weighted by Crippen LogP contribution is 2.49. The molecule has 3 atom stereocenters. The van der Waals surface area contributed by atoms with Crippen molar-refractivity contribution in [3.8, 4) is 0 Å². The van der Waals surface area contributed by atoms with Gasteiger partial charge in [0.25, 0.3) is 0 Å². The molecule has 0 aromatic carbocycles. The fourth-order valence-corrected chi connectivity index (χ4v) is 2.37. The Morgan fingerprint density at radius 3 is 2.67 bits per heavy atom. The maximum Gasteiger partial charge on any atom is 0.240 e. The van der Waals surface area contributed by atoms with Gasteiger partial charge in [0.2, 0.25) is 5.91 Å². The van der Waals surface area contributed by atoms with Crippen molar-refractivity contribution in [1.82, 2.24) is 5.32 Å². The van der Waals surface area contributed by atoms with E-state index in [0.29, 0.717) is 26.0 Å². The molecule has 1 aliphatic carbocycles. The number of hydrogen-bond acceptors (Lipinski definition) is 4. The molecule has 0 radical (unpaired) electrons. The summed E-state index contributed by atoms with van der Waals surface area (Å²) in [5, 5.41) is 11.9. The van der Waals surface area contributed by atoms with E-state index in [0.717, 1.165) is 0 Å². The van der Waals surface area contributed by atoms with Crippen LogP contribution in [0.25, 0.3) is 0 Å². The van der Waals surface area contributed by atoms with Crippen LogP contribution in [0.2, 0.25) is 0 Å². The molecule has 5 nitrogen and oxygen atoms in total. The van der Waals surface area contributed by atoms with Gasteiger partial charge in [-0.1, -0.05) is 13.8 Å². The lowest BCUT2D eigenvalue weighted by Gasteiger charge is -2.57. The third kappa shape index (κ3) is 2.68. The maximum absolute atomic E-state index is 12.1. The molecular weight excluding hydrogens is 232 g/mol. The molecule has 0 saturated heterocycles. The van der Waals surface area contributed by atoms with Gasteiger partial charge in [-0.3, -0.25) is 4.79 Å². The molecule has 1 rings (SSSR count). The highest BCUT2D eigenvalue weighted by molar-refractivity contribution is 5.88. The smallest absolute Gasteiger partial charge is 0.240 e. The van der Waals surface area contributed by atoms with Gasteiger partial charge in [-0.05, 0) is 20.3 Å². The summed E-state index contributed by atoms with van der Waals surface area (Å²) in [7, 11) is 0. The van der Waals surface area contributed by atoms with Crippen molar-refractivity contribution in [3.05, 3.63) is 0 Å². The standard InChI is InChI=1S/C13H26N2O3/c1-5-18-10-8-13(14,12(10,3)4)11(17)15-7-6-9(2)16/h9-10,16H,5-8,14H2,1-4H3,(H,15,17). The first-order chi connectivity index (χ1) is 8.25. The van der Waals surface area contributed by atoms with Crippen LogP contribution in [0.5, 0.6) is 0 Å². The van der Waals surface area contributed by atoms with Crippen molar-refractivity contribution in [2.75, 3.05) is 13.2 Å². The van der Waals surface area contributed by atoms with Crippen LogP contribution >= 0.6 is 0 Å². The zero-order valence-electron chi connectivity index (χ0n) is 11.8. The van der Waals surface area contributed by atoms with E-state index >= 15 is 0 Å². The van der Waals surface area contributed by atoms with E-state index in [4.69, 9.17) is 15.6 Å². The molecule has 0 bridgehead atoms. The van der Waals surface area contributed by atoms with E-state index in [1.807, 2.05) is 20.8 Å². The summed E-state index contributed by atoms with van der Waals surface area (Å²) < 4.78 is 5.58. The highest BCUT2D eigenvalue weighted by Gasteiger charge is 2.62. The van der Waals surface area contributed by atoms with Crippen LogP contribution in [0.3, 0.4) is 0 Å². The lowest BCUT2D eigenvalue weighted by molar-refractivity contribution is -0.170. The van der Waals surface area contributed by atoms with Gasteiger partial charge in [0.15, 0.2) is 0 Å². The first kappa shape index (κ1) is 15.4. The number of aliphatic hydroxyl groups is 1. The van der Waals surface area contributed by atoms with Crippen LogP contribution in [0.4, 0.5) is 0 Å². The molecule has 0 aliphatic heterocycles. The lowest BCUT2D eigenvalue weighted by Crippen LogP contribution is -2.75. The lowest BCUT2D eigenvalue weighted by atomic mass is 9.54. The van der Waals surface area contributed by atoms with Crippen LogP contribution in [0.1, 0.15) is 40.5 Å². The minimum absolute atomic E-state index is 0.0371. The number of carbonyl (C=O) groups is 1. The van der Waals surface area contributed by atoms with Gasteiger partial charge in [-0.2, -0.15) is 0 Å². The van der Waals surface area contributed by atoms with Crippen LogP contribution in [0.15, 0.2) is 0 Å². The van der Waals surface area contributed by atoms with Crippen LogP contribution in [-0.2, 0) is 9.53 Å². The number of hydrogen-bond donors (Lipinski definition) is 3. The Balaban J connectivity index is 2.53. The SMILES string of the molecule is CCOC1CC(N)(C(=O)NCCC(C)O)C1(C)C. The Morgan fingerprint density at radius 2 is 2.22 bits per heavy atom. The second kappa shape index (κ2) is 5.55. The Morgan fingerprint density at radius 1 is 1.61 bits per heavy atom. The number of nitrogens with two attached hydrogens (primary N) is 1. The zero-order chi connectivity index (χ0) is 14.0. The van der Waals surface area contributed by atoms with Crippen molar-refractivity contribution < 1.29 is 14.6 Å². The first-order valence-corrected chi connectivity index (χ1v) is 6.62. The van der Waals surface area contributed by atoms with E-state index in [1.165, 1.54) is 0 Å². The third-order valence-corrected chi connectivity index (χ3v) is 4.08. The van der Waals surface area contributed by atoms with Crippen molar-refractivity contribution >= 4 is 5.91 Å². The number of rotatable bonds is 6. The Bertz CT molecular complexity index is 305. The summed E-state index contributed by atoms with van der Waals surface area (Å²) in [6, 6.07) is 0. The second-order valence-corrected chi connectivity index (χ2v) is 5.73. The van der Waals surface area contributed by atoms with Crippen LogP contribution in [0, 0.1) is 5.41 Å². The molecule has 5 heteroatoms. The van der Waals surface area contributed by atoms with Crippen molar-refractivity contribution in [3.63, 3.8) is 0 Å². The summed E-state index contributed by atoms with van der Waals surface area (Å²) in [5.41, 5.74) is 4.97. The van der Waals surface area contributed by atoms with Gasteiger partial charge >= 0.3 is 0 Å². The van der Waals surface area contributed by atoms with Gasteiger partial charge < -0.3 is 20.9 Å². The Hall–Kier alpha value is -0.650. The number of nitrogens with one attached hydrogen (secondary N) is 1. The molecule has 1 fully saturated rings. The molecule has 0 aromatic rings. The predicted molar refractivity (Wildman–Crippen MR) is 70.0 cm³/mol. The molecule has 1 amide bonds. The summed E-state index contributed by atoms with van der Waals surface area (Å²) in [4.78, 5) is 12.1. The number of amides is 1. The second-order valence-electron chi connectivity index (χ2n) is 5.73. The summed E-state index contributed by atoms with van der Waals surface area (Å²) in [6.07, 6.45) is 0.713. The average molecular weight is 258 g/mol. The van der Waals surface area contributed by atoms with E-state index in [1.54, 1.807) is 6.92 Å². The van der Waals surface area contributed by atoms with E-state index < -0.39 is 11.6 Å². The van der Waals surface area contributed by atoms with Crippen molar-refractivity contribution in [2.24, 2.45) is 11.1 Å². The maximum atomic E-state index is 12.1. The topological polar surface area (TPSA) is 84.6 Å². The predicted octanol–water partition coefficient (Wildman–Crippen LogP) is 0.406. The Labute approximate surface area is 109 Å². The molecule has 106 valence electrons. The number of ether oxygens (including phenoxy) is 1. The van der Waals surface area contributed by atoms with Gasteiger partial charge in [-0.15, -0.1) is 0 Å². The first-order valence-electron chi connectivity index (χ1n) is 6.62. The molecule has 4 N–H and O–H groups in total. The monoisotopic (exact) mass is 258 g/mol. The summed E-state index contributed by atoms with van der Waals surface area (Å²) in [5.74, 6) is -0.149. The molecule has 0 aromatic heterocycles. The molecule has 0 heterocycles. The van der Waals surface area contributed by atoms with Gasteiger partial charge in [0, 0.05) is 25.0 Å². The van der Waals surface area contributed by atoms with Gasteiger partial charge in [0.1, 0.15) is 5.54 Å². The molecule has 18 heavy (non-hydrogen) atoms. The van der Waals surface area contributed by atoms with E-state index in [9.17, 15) is 4.79 Å². The fraction of sp³-hybridized carbons (Fsp3) is 0.923. The normalized spacial score (nSPS) is 31.6. The van der Waals surface area contributed by atoms with Crippen molar-refractivity contribution in [2.45, 2.75) is 58.3 Å². The zero-order valence-corrected chi connectivity index (χ0v) is 11.8. The molecular formula is C13H26N2O3. The number of carbonyl (C=O) groups excluding carboxylic acids is 1. The fourth-order valence-electron chi connectivity index (χ4n) is 2.37. The minimum Gasteiger partial charge on any atom is -0.393 e. The molecule has 1 saturated carbocycles. The largest absolute Gasteiger partial charge is 0.393 e. The van der Waals surface area contributed by atoms with Gasteiger partial charge in [0.05, 0.1) is 12.2 Å². The molecule has 3 unspecified atom stereocenters. The third-order valence-electron chi connectivity index (χ3n) is 4.08. The molecule has 0 spiro atoms. The summed E-state index contributed by atoms with van der Waals surface area (Å²) >= 11 is 0.